The molecule has 15 heavy (non-hydrogen) atoms. The van der Waals surface area contributed by atoms with Crippen molar-refractivity contribution in [3.8, 4) is 0 Å². The van der Waals surface area contributed by atoms with Gasteiger partial charge in [-0.05, 0) is 30.6 Å². The van der Waals surface area contributed by atoms with E-state index in [1.807, 2.05) is 0 Å². The van der Waals surface area contributed by atoms with Crippen molar-refractivity contribution in [2.45, 2.75) is 33.1 Å². The van der Waals surface area contributed by atoms with Crippen LogP contribution >= 0.6 is 7.60 Å². The number of rotatable bonds is 5. The monoisotopic (exact) mass is 234 g/mol. The molecule has 2 atom stereocenters. The number of hydrogen-bond donors (Lipinski definition) is 0. The van der Waals surface area contributed by atoms with Crippen LogP contribution in [0.15, 0.2) is 0 Å². The molecule has 1 rings (SSSR count). The van der Waals surface area contributed by atoms with Gasteiger partial charge < -0.3 is 9.05 Å². The Balaban J connectivity index is 2.60. The first kappa shape index (κ1) is 13.2. The van der Waals surface area contributed by atoms with E-state index in [1.54, 1.807) is 0 Å². The van der Waals surface area contributed by atoms with E-state index in [-0.39, 0.29) is 0 Å². The van der Waals surface area contributed by atoms with Crippen molar-refractivity contribution in [3.05, 3.63) is 0 Å². The maximum atomic E-state index is 12.0. The summed E-state index contributed by atoms with van der Waals surface area (Å²) < 4.78 is 22.1. The van der Waals surface area contributed by atoms with E-state index in [0.29, 0.717) is 23.9 Å². The van der Waals surface area contributed by atoms with E-state index in [4.69, 9.17) is 9.05 Å². The van der Waals surface area contributed by atoms with Gasteiger partial charge in [-0.15, -0.1) is 0 Å². The van der Waals surface area contributed by atoms with Crippen LogP contribution in [0.1, 0.15) is 33.1 Å². The molecule has 0 spiro atoms. The molecule has 0 N–H and O–H groups in total. The lowest BCUT2D eigenvalue weighted by molar-refractivity contribution is 0.252. The molecule has 0 aromatic rings. The molecule has 0 saturated heterocycles. The summed E-state index contributed by atoms with van der Waals surface area (Å²) in [6, 6.07) is 0. The van der Waals surface area contributed by atoms with Crippen molar-refractivity contribution in [3.63, 3.8) is 0 Å². The van der Waals surface area contributed by atoms with Gasteiger partial charge in [-0.2, -0.15) is 0 Å². The molecule has 0 aliphatic heterocycles. The second-order valence-corrected chi connectivity index (χ2v) is 7.07. The highest BCUT2D eigenvalue weighted by Gasteiger charge is 2.35. The maximum absolute atomic E-state index is 12.0. The fourth-order valence-corrected chi connectivity index (χ4v) is 4.16. The van der Waals surface area contributed by atoms with Gasteiger partial charge in [0.15, 0.2) is 0 Å². The summed E-state index contributed by atoms with van der Waals surface area (Å²) in [6.07, 6.45) is 4.26. The van der Waals surface area contributed by atoms with Crippen LogP contribution in [0.3, 0.4) is 0 Å². The van der Waals surface area contributed by atoms with E-state index in [9.17, 15) is 4.57 Å². The van der Waals surface area contributed by atoms with Crippen molar-refractivity contribution < 1.29 is 13.6 Å². The van der Waals surface area contributed by atoms with E-state index in [0.717, 1.165) is 0 Å². The number of hydrogen-bond acceptors (Lipinski definition) is 3. The van der Waals surface area contributed by atoms with Crippen molar-refractivity contribution >= 4 is 7.60 Å². The van der Waals surface area contributed by atoms with E-state index in [1.165, 1.54) is 33.5 Å². The standard InChI is InChI=1S/C11H23O3P/c1-9(2)11-7-5-6-10(11)8-15(12,13-3)14-4/h9-11H,5-8H2,1-4H3. The molecule has 0 bridgehead atoms. The lowest BCUT2D eigenvalue weighted by atomic mass is 9.87. The summed E-state index contributed by atoms with van der Waals surface area (Å²) in [5, 5.41) is 0. The van der Waals surface area contributed by atoms with Gasteiger partial charge >= 0.3 is 7.60 Å². The molecule has 1 aliphatic carbocycles. The lowest BCUT2D eigenvalue weighted by Crippen LogP contribution is -2.18. The minimum Gasteiger partial charge on any atom is -0.312 e. The van der Waals surface area contributed by atoms with Crippen LogP contribution in [0.4, 0.5) is 0 Å². The van der Waals surface area contributed by atoms with Gasteiger partial charge in [0, 0.05) is 14.2 Å². The molecule has 0 radical (unpaired) electrons. The van der Waals surface area contributed by atoms with E-state index >= 15 is 0 Å². The Kier molecular flexibility index (Phi) is 4.82. The van der Waals surface area contributed by atoms with Crippen molar-refractivity contribution in [1.29, 1.82) is 0 Å². The quantitative estimate of drug-likeness (QED) is 0.682. The van der Waals surface area contributed by atoms with Crippen molar-refractivity contribution in [2.75, 3.05) is 20.4 Å². The third kappa shape index (κ3) is 3.30. The highest BCUT2D eigenvalue weighted by Crippen LogP contribution is 2.52. The summed E-state index contributed by atoms with van der Waals surface area (Å²) in [6.45, 7) is 4.49. The average molecular weight is 234 g/mol. The summed E-state index contributed by atoms with van der Waals surface area (Å²) in [5.41, 5.74) is 0. The largest absolute Gasteiger partial charge is 0.330 e. The Morgan fingerprint density at radius 3 is 2.33 bits per heavy atom. The first-order chi connectivity index (χ1) is 7.02. The SMILES string of the molecule is COP(=O)(CC1CCCC1C(C)C)OC. The van der Waals surface area contributed by atoms with Crippen LogP contribution in [0.5, 0.6) is 0 Å². The minimum absolute atomic E-state index is 0.510. The van der Waals surface area contributed by atoms with Crippen LogP contribution in [0.25, 0.3) is 0 Å². The Bertz CT molecular complexity index is 232. The molecule has 3 nitrogen and oxygen atoms in total. The highest BCUT2D eigenvalue weighted by molar-refractivity contribution is 7.53. The third-order valence-corrected chi connectivity index (χ3v) is 5.62. The molecule has 1 saturated carbocycles. The van der Waals surface area contributed by atoms with Gasteiger partial charge in [0.25, 0.3) is 0 Å². The summed E-state index contributed by atoms with van der Waals surface area (Å²) in [5.74, 6) is 1.86. The normalized spacial score (nSPS) is 27.5. The first-order valence-corrected chi connectivity index (χ1v) is 7.45. The van der Waals surface area contributed by atoms with Gasteiger partial charge in [-0.25, -0.2) is 0 Å². The van der Waals surface area contributed by atoms with Gasteiger partial charge in [-0.1, -0.05) is 20.3 Å². The van der Waals surface area contributed by atoms with Gasteiger partial charge in [0.1, 0.15) is 0 Å². The van der Waals surface area contributed by atoms with Crippen LogP contribution in [-0.2, 0) is 13.6 Å². The third-order valence-electron chi connectivity index (χ3n) is 3.59. The zero-order valence-electron chi connectivity index (χ0n) is 10.2. The summed E-state index contributed by atoms with van der Waals surface area (Å²) in [7, 11) is 0.144. The van der Waals surface area contributed by atoms with Crippen LogP contribution in [0, 0.1) is 17.8 Å². The topological polar surface area (TPSA) is 35.5 Å². The predicted octanol–water partition coefficient (Wildman–Crippen LogP) is 3.54. The molecule has 4 heteroatoms. The molecule has 0 aromatic heterocycles. The van der Waals surface area contributed by atoms with Gasteiger partial charge in [0.2, 0.25) is 0 Å². The van der Waals surface area contributed by atoms with E-state index < -0.39 is 7.60 Å². The molecule has 2 unspecified atom stereocenters. The molecule has 90 valence electrons. The Morgan fingerprint density at radius 1 is 1.27 bits per heavy atom. The van der Waals surface area contributed by atoms with Gasteiger partial charge in [0.05, 0.1) is 6.16 Å². The molecule has 0 amide bonds. The minimum atomic E-state index is -2.81. The predicted molar refractivity (Wildman–Crippen MR) is 62.2 cm³/mol. The zero-order valence-corrected chi connectivity index (χ0v) is 11.1. The van der Waals surface area contributed by atoms with Crippen molar-refractivity contribution in [2.24, 2.45) is 17.8 Å². The smallest absolute Gasteiger partial charge is 0.312 e. The van der Waals surface area contributed by atoms with Gasteiger partial charge in [-0.3, -0.25) is 4.57 Å². The summed E-state index contributed by atoms with van der Waals surface area (Å²) >= 11 is 0. The molecule has 0 aromatic carbocycles. The second kappa shape index (κ2) is 5.47. The van der Waals surface area contributed by atoms with Crippen LogP contribution in [0.2, 0.25) is 0 Å². The fraction of sp³-hybridized carbons (Fsp3) is 1.00. The molecular formula is C11H23O3P. The summed E-state index contributed by atoms with van der Waals surface area (Å²) in [4.78, 5) is 0. The zero-order chi connectivity index (χ0) is 11.5. The molecule has 1 aliphatic rings. The lowest BCUT2D eigenvalue weighted by Gasteiger charge is -2.25. The Labute approximate surface area is 93.1 Å². The van der Waals surface area contributed by atoms with Crippen molar-refractivity contribution in [1.82, 2.24) is 0 Å². The molecular weight excluding hydrogens is 211 g/mol. The molecule has 0 heterocycles. The van der Waals surface area contributed by atoms with E-state index in [2.05, 4.69) is 13.8 Å². The van der Waals surface area contributed by atoms with Crippen LogP contribution in [-0.4, -0.2) is 20.4 Å². The van der Waals surface area contributed by atoms with Crippen LogP contribution < -0.4 is 0 Å². The first-order valence-electron chi connectivity index (χ1n) is 5.73. The second-order valence-electron chi connectivity index (χ2n) is 4.76. The Morgan fingerprint density at radius 2 is 1.87 bits per heavy atom. The average Bonchev–Trinajstić information content (AvgIpc) is 2.65. The highest BCUT2D eigenvalue weighted by atomic mass is 31.2. The Hall–Kier alpha value is 0.150. The fourth-order valence-electron chi connectivity index (χ4n) is 2.68. The molecule has 1 fully saturated rings. The maximum Gasteiger partial charge on any atom is 0.330 e.